The van der Waals surface area contributed by atoms with Crippen molar-refractivity contribution in [3.8, 4) is 0 Å². The van der Waals surface area contributed by atoms with Gasteiger partial charge in [0.2, 0.25) is 5.91 Å². The first-order valence-corrected chi connectivity index (χ1v) is 7.32. The molecule has 0 atom stereocenters. The molecule has 1 heterocycles. The predicted octanol–water partition coefficient (Wildman–Crippen LogP) is 3.18. The van der Waals surface area contributed by atoms with E-state index >= 15 is 0 Å². The minimum absolute atomic E-state index is 0.0368. The Hall–Kier alpha value is -0.780. The van der Waals surface area contributed by atoms with Crippen LogP contribution in [0.4, 0.5) is 0 Å². The Kier molecular flexibility index (Phi) is 4.25. The summed E-state index contributed by atoms with van der Waals surface area (Å²) in [5.41, 5.74) is 0.890. The number of carbonyl (C=O) groups is 1. The number of thioether (sulfide) groups is 1. The normalized spacial score (nSPS) is 10.7. The molecular weight excluding hydrogens is 276 g/mol. The number of hydrogen-bond donors (Lipinski definition) is 1. The van der Waals surface area contributed by atoms with E-state index in [4.69, 9.17) is 11.6 Å². The van der Waals surface area contributed by atoms with Crippen LogP contribution in [0.15, 0.2) is 22.5 Å². The zero-order valence-corrected chi connectivity index (χ0v) is 11.6. The third-order valence-corrected chi connectivity index (χ3v) is 4.45. The molecule has 17 heavy (non-hydrogen) atoms. The molecule has 90 valence electrons. The fraction of sp³-hybridized carbons (Fsp3) is 0.273. The number of halogens is 1. The van der Waals surface area contributed by atoms with Gasteiger partial charge in [-0.1, -0.05) is 23.4 Å². The minimum Gasteiger partial charge on any atom is -0.356 e. The average Bonchev–Trinajstić information content (AvgIpc) is 2.68. The molecule has 0 aliphatic carbocycles. The standard InChI is InChI=1S/C11H11ClN2OS2/c1-2-13-10(15)6-16-11-14-8-5-7(12)3-4-9(8)17-11/h3-5H,2,6H2,1H3,(H,13,15). The van der Waals surface area contributed by atoms with Crippen molar-refractivity contribution in [3.63, 3.8) is 0 Å². The molecule has 2 rings (SSSR count). The van der Waals surface area contributed by atoms with Crippen molar-refractivity contribution in [2.45, 2.75) is 11.3 Å². The SMILES string of the molecule is CCNC(=O)CSc1nc2cc(Cl)ccc2s1. The van der Waals surface area contributed by atoms with Crippen LogP contribution in [-0.2, 0) is 4.79 Å². The lowest BCUT2D eigenvalue weighted by Gasteiger charge is -1.98. The van der Waals surface area contributed by atoms with Crippen LogP contribution in [0.3, 0.4) is 0 Å². The van der Waals surface area contributed by atoms with Crippen LogP contribution in [0.2, 0.25) is 5.02 Å². The quantitative estimate of drug-likeness (QED) is 0.878. The van der Waals surface area contributed by atoms with Gasteiger partial charge in [-0.3, -0.25) is 4.79 Å². The van der Waals surface area contributed by atoms with Crippen LogP contribution >= 0.6 is 34.7 Å². The van der Waals surface area contributed by atoms with Crippen LogP contribution in [0.25, 0.3) is 10.2 Å². The van der Waals surface area contributed by atoms with Gasteiger partial charge in [-0.25, -0.2) is 4.98 Å². The molecular formula is C11H11ClN2OS2. The van der Waals surface area contributed by atoms with Crippen molar-refractivity contribution >= 4 is 50.8 Å². The van der Waals surface area contributed by atoms with E-state index in [0.717, 1.165) is 14.6 Å². The van der Waals surface area contributed by atoms with E-state index < -0.39 is 0 Å². The zero-order valence-electron chi connectivity index (χ0n) is 9.20. The Morgan fingerprint density at radius 2 is 2.41 bits per heavy atom. The lowest BCUT2D eigenvalue weighted by Crippen LogP contribution is -2.24. The van der Waals surface area contributed by atoms with Crippen molar-refractivity contribution in [3.05, 3.63) is 23.2 Å². The van der Waals surface area contributed by atoms with Crippen LogP contribution in [0.5, 0.6) is 0 Å². The Labute approximate surface area is 113 Å². The molecule has 0 saturated carbocycles. The Morgan fingerprint density at radius 1 is 1.59 bits per heavy atom. The number of carbonyl (C=O) groups excluding carboxylic acids is 1. The van der Waals surface area contributed by atoms with Crippen molar-refractivity contribution in [1.82, 2.24) is 10.3 Å². The van der Waals surface area contributed by atoms with Gasteiger partial charge in [0.15, 0.2) is 4.34 Å². The summed E-state index contributed by atoms with van der Waals surface area (Å²) < 4.78 is 1.99. The fourth-order valence-corrected chi connectivity index (χ4v) is 3.36. The van der Waals surface area contributed by atoms with Gasteiger partial charge in [0, 0.05) is 11.6 Å². The first-order chi connectivity index (χ1) is 8.19. The summed E-state index contributed by atoms with van der Waals surface area (Å²) in [5.74, 6) is 0.441. The van der Waals surface area contributed by atoms with Gasteiger partial charge in [-0.05, 0) is 25.1 Å². The molecule has 0 bridgehead atoms. The molecule has 1 aromatic carbocycles. The maximum absolute atomic E-state index is 11.3. The Bertz CT molecular complexity index is 541. The number of aromatic nitrogens is 1. The van der Waals surface area contributed by atoms with E-state index in [1.54, 1.807) is 11.3 Å². The molecule has 0 saturated heterocycles. The number of thiazole rings is 1. The molecule has 1 N–H and O–H groups in total. The second-order valence-corrected chi connectivity index (χ2v) is 6.02. The Morgan fingerprint density at radius 3 is 3.18 bits per heavy atom. The number of benzene rings is 1. The van der Waals surface area contributed by atoms with Crippen molar-refractivity contribution in [2.24, 2.45) is 0 Å². The third kappa shape index (κ3) is 3.34. The first-order valence-electron chi connectivity index (χ1n) is 5.14. The van der Waals surface area contributed by atoms with Crippen molar-refractivity contribution in [2.75, 3.05) is 12.3 Å². The number of rotatable bonds is 4. The molecule has 3 nitrogen and oxygen atoms in total. The summed E-state index contributed by atoms with van der Waals surface area (Å²) in [6, 6.07) is 5.63. The lowest BCUT2D eigenvalue weighted by atomic mass is 10.3. The smallest absolute Gasteiger partial charge is 0.230 e. The molecule has 0 aliphatic rings. The summed E-state index contributed by atoms with van der Waals surface area (Å²) in [4.78, 5) is 15.7. The number of nitrogens with zero attached hydrogens (tertiary/aromatic N) is 1. The topological polar surface area (TPSA) is 42.0 Å². The molecule has 0 radical (unpaired) electrons. The van der Waals surface area contributed by atoms with E-state index in [0.29, 0.717) is 17.3 Å². The van der Waals surface area contributed by atoms with Crippen LogP contribution in [-0.4, -0.2) is 23.2 Å². The molecule has 2 aromatic rings. The van der Waals surface area contributed by atoms with Crippen molar-refractivity contribution in [1.29, 1.82) is 0 Å². The van der Waals surface area contributed by atoms with Crippen molar-refractivity contribution < 1.29 is 4.79 Å². The minimum atomic E-state index is 0.0368. The monoisotopic (exact) mass is 286 g/mol. The highest BCUT2D eigenvalue weighted by Crippen LogP contribution is 2.30. The molecule has 0 unspecified atom stereocenters. The lowest BCUT2D eigenvalue weighted by molar-refractivity contribution is -0.118. The molecule has 6 heteroatoms. The van der Waals surface area contributed by atoms with Crippen LogP contribution in [0, 0.1) is 0 Å². The summed E-state index contributed by atoms with van der Waals surface area (Å²) >= 11 is 8.92. The van der Waals surface area contributed by atoms with Gasteiger partial charge in [0.25, 0.3) is 0 Å². The number of fused-ring (bicyclic) bond motifs is 1. The highest BCUT2D eigenvalue weighted by atomic mass is 35.5. The summed E-state index contributed by atoms with van der Waals surface area (Å²) in [6.07, 6.45) is 0. The zero-order chi connectivity index (χ0) is 12.3. The van der Waals surface area contributed by atoms with E-state index in [1.807, 2.05) is 25.1 Å². The maximum Gasteiger partial charge on any atom is 0.230 e. The van der Waals surface area contributed by atoms with Gasteiger partial charge in [-0.15, -0.1) is 11.3 Å². The number of amides is 1. The number of hydrogen-bond acceptors (Lipinski definition) is 4. The van der Waals surface area contributed by atoms with Gasteiger partial charge in [-0.2, -0.15) is 0 Å². The molecule has 0 spiro atoms. The Balaban J connectivity index is 2.07. The summed E-state index contributed by atoms with van der Waals surface area (Å²) in [5, 5.41) is 3.44. The van der Waals surface area contributed by atoms with E-state index in [1.165, 1.54) is 11.8 Å². The summed E-state index contributed by atoms with van der Waals surface area (Å²) in [7, 11) is 0. The van der Waals surface area contributed by atoms with Crippen LogP contribution < -0.4 is 5.32 Å². The highest BCUT2D eigenvalue weighted by molar-refractivity contribution is 8.01. The average molecular weight is 287 g/mol. The second kappa shape index (κ2) is 5.71. The molecule has 0 aliphatic heterocycles. The van der Waals surface area contributed by atoms with Gasteiger partial charge in [0.1, 0.15) is 0 Å². The molecule has 1 aromatic heterocycles. The van der Waals surface area contributed by atoms with E-state index in [9.17, 15) is 4.79 Å². The van der Waals surface area contributed by atoms with E-state index in [-0.39, 0.29) is 5.91 Å². The van der Waals surface area contributed by atoms with Crippen LogP contribution in [0.1, 0.15) is 6.92 Å². The van der Waals surface area contributed by atoms with Gasteiger partial charge >= 0.3 is 0 Å². The number of nitrogens with one attached hydrogen (secondary N) is 1. The largest absolute Gasteiger partial charge is 0.356 e. The van der Waals surface area contributed by atoms with E-state index in [2.05, 4.69) is 10.3 Å². The third-order valence-electron chi connectivity index (χ3n) is 2.03. The maximum atomic E-state index is 11.3. The van der Waals surface area contributed by atoms with Gasteiger partial charge in [0.05, 0.1) is 16.0 Å². The second-order valence-electron chi connectivity index (χ2n) is 3.33. The van der Waals surface area contributed by atoms with Gasteiger partial charge < -0.3 is 5.32 Å². The highest BCUT2D eigenvalue weighted by Gasteiger charge is 2.07. The first kappa shape index (κ1) is 12.7. The predicted molar refractivity (Wildman–Crippen MR) is 74.0 cm³/mol. The molecule has 0 fully saturated rings. The fourth-order valence-electron chi connectivity index (χ4n) is 1.32. The molecule has 1 amide bonds. The summed E-state index contributed by atoms with van der Waals surface area (Å²) in [6.45, 7) is 2.57.